The van der Waals surface area contributed by atoms with Gasteiger partial charge in [-0.3, -0.25) is 0 Å². The number of unbranched alkanes of at least 4 members (excludes halogenated alkanes) is 1. The van der Waals surface area contributed by atoms with Crippen LogP contribution in [0.15, 0.2) is 30.3 Å². The third kappa shape index (κ3) is 8.61. The summed E-state index contributed by atoms with van der Waals surface area (Å²) in [6, 6.07) is 10.7. The first-order chi connectivity index (χ1) is 13.4. The van der Waals surface area contributed by atoms with Gasteiger partial charge in [0.05, 0.1) is 0 Å². The number of nitrogens with one attached hydrogen (secondary N) is 2. The van der Waals surface area contributed by atoms with Crippen molar-refractivity contribution in [1.29, 1.82) is 0 Å². The molecule has 0 saturated carbocycles. The molecule has 2 rings (SSSR count). The van der Waals surface area contributed by atoms with Gasteiger partial charge in [0.25, 0.3) is 0 Å². The molecule has 2 amide bonds. The highest BCUT2D eigenvalue weighted by Gasteiger charge is 2.21. The Morgan fingerprint density at radius 1 is 1.11 bits per heavy atom. The van der Waals surface area contributed by atoms with Crippen molar-refractivity contribution in [1.82, 2.24) is 20.4 Å². The summed E-state index contributed by atoms with van der Waals surface area (Å²) in [6.07, 6.45) is 4.47. The molecule has 5 nitrogen and oxygen atoms in total. The predicted octanol–water partition coefficient (Wildman–Crippen LogP) is 3.22. The average molecular weight is 389 g/mol. The normalized spacial score (nSPS) is 21.5. The number of benzene rings is 1. The van der Waals surface area contributed by atoms with E-state index < -0.39 is 0 Å². The Balaban J connectivity index is 1.58. The summed E-state index contributed by atoms with van der Waals surface area (Å²) in [5.74, 6) is 1.63. The molecular formula is C23H40N4O. The number of hydrogen-bond donors (Lipinski definition) is 2. The lowest BCUT2D eigenvalue weighted by Gasteiger charge is -2.34. The molecule has 1 aromatic carbocycles. The first kappa shape index (κ1) is 22.7. The van der Waals surface area contributed by atoms with E-state index in [1.807, 2.05) is 6.07 Å². The smallest absolute Gasteiger partial charge is 0.314 e. The van der Waals surface area contributed by atoms with Gasteiger partial charge >= 0.3 is 6.03 Å². The molecule has 3 unspecified atom stereocenters. The van der Waals surface area contributed by atoms with Crippen molar-refractivity contribution in [3.8, 4) is 0 Å². The second-order valence-electron chi connectivity index (χ2n) is 8.86. The van der Waals surface area contributed by atoms with Crippen molar-refractivity contribution >= 4 is 6.03 Å². The molecule has 3 atom stereocenters. The number of urea groups is 1. The van der Waals surface area contributed by atoms with Crippen LogP contribution in [0.5, 0.6) is 0 Å². The van der Waals surface area contributed by atoms with Crippen LogP contribution in [0.1, 0.15) is 38.7 Å². The van der Waals surface area contributed by atoms with Gasteiger partial charge in [-0.25, -0.2) is 4.79 Å². The first-order valence-electron chi connectivity index (χ1n) is 10.9. The van der Waals surface area contributed by atoms with Crippen molar-refractivity contribution in [3.63, 3.8) is 0 Å². The molecule has 1 aliphatic heterocycles. The first-order valence-corrected chi connectivity index (χ1v) is 10.9. The quantitative estimate of drug-likeness (QED) is 0.605. The molecule has 0 aromatic heterocycles. The Morgan fingerprint density at radius 3 is 2.43 bits per heavy atom. The second-order valence-corrected chi connectivity index (χ2v) is 8.86. The molecule has 5 heteroatoms. The molecule has 0 aliphatic carbocycles. The summed E-state index contributed by atoms with van der Waals surface area (Å²) in [5.41, 5.74) is 1.30. The van der Waals surface area contributed by atoms with Gasteiger partial charge in [0, 0.05) is 32.2 Å². The number of nitrogens with zero attached hydrogens (tertiary/aromatic N) is 2. The van der Waals surface area contributed by atoms with Crippen LogP contribution in [0.2, 0.25) is 0 Å². The molecule has 1 aromatic rings. The van der Waals surface area contributed by atoms with Gasteiger partial charge in [-0.05, 0) is 63.7 Å². The molecule has 0 radical (unpaired) electrons. The maximum Gasteiger partial charge on any atom is 0.314 e. The van der Waals surface area contributed by atoms with E-state index in [4.69, 9.17) is 0 Å². The fourth-order valence-corrected chi connectivity index (χ4v) is 4.23. The van der Waals surface area contributed by atoms with E-state index in [-0.39, 0.29) is 12.1 Å². The van der Waals surface area contributed by atoms with Gasteiger partial charge in [0.2, 0.25) is 0 Å². The van der Waals surface area contributed by atoms with Crippen LogP contribution in [0.3, 0.4) is 0 Å². The van der Waals surface area contributed by atoms with E-state index in [1.54, 1.807) is 0 Å². The molecule has 28 heavy (non-hydrogen) atoms. The van der Waals surface area contributed by atoms with E-state index in [1.165, 1.54) is 25.1 Å². The van der Waals surface area contributed by atoms with Gasteiger partial charge in [-0.1, -0.05) is 44.2 Å². The van der Waals surface area contributed by atoms with E-state index in [0.29, 0.717) is 6.54 Å². The lowest BCUT2D eigenvalue weighted by molar-refractivity contribution is 0.139. The number of carbonyl (C=O) groups excluding carboxylic acids is 1. The second kappa shape index (κ2) is 12.1. The Labute approximate surface area is 171 Å². The number of carbonyl (C=O) groups is 1. The molecular weight excluding hydrogens is 348 g/mol. The number of likely N-dealkylation sites (N-methyl/N-ethyl adjacent to an activating group) is 1. The third-order valence-electron chi connectivity index (χ3n) is 5.67. The van der Waals surface area contributed by atoms with Gasteiger partial charge < -0.3 is 20.4 Å². The fourth-order valence-electron chi connectivity index (χ4n) is 4.23. The Hall–Kier alpha value is -1.59. The van der Waals surface area contributed by atoms with Gasteiger partial charge in [0.15, 0.2) is 0 Å². The minimum absolute atomic E-state index is 0.0554. The van der Waals surface area contributed by atoms with E-state index in [0.717, 1.165) is 44.2 Å². The summed E-state index contributed by atoms with van der Waals surface area (Å²) in [7, 11) is 4.13. The zero-order valence-corrected chi connectivity index (χ0v) is 18.3. The average Bonchev–Trinajstić information content (AvgIpc) is 2.64. The molecule has 1 fully saturated rings. The lowest BCUT2D eigenvalue weighted by atomic mass is 9.92. The van der Waals surface area contributed by atoms with Crippen molar-refractivity contribution in [3.05, 3.63) is 35.9 Å². The summed E-state index contributed by atoms with van der Waals surface area (Å²) in [6.45, 7) is 9.71. The molecule has 1 saturated heterocycles. The standard InChI is InChI=1S/C23H40N4O/c1-19-14-20(2)18-27(17-19)13-9-8-12-24-23(28)25-16-22(26(3)4)15-21-10-6-5-7-11-21/h5-7,10-11,19-20,22H,8-9,12-18H2,1-4H3,(H2,24,25,28). The summed E-state index contributed by atoms with van der Waals surface area (Å²) in [5, 5.41) is 6.04. The zero-order chi connectivity index (χ0) is 20.4. The van der Waals surface area contributed by atoms with E-state index in [9.17, 15) is 4.79 Å². The summed E-state index contributed by atoms with van der Waals surface area (Å²) < 4.78 is 0. The predicted molar refractivity (Wildman–Crippen MR) is 118 cm³/mol. The number of hydrogen-bond acceptors (Lipinski definition) is 3. The number of likely N-dealkylation sites (tertiary alicyclic amines) is 1. The topological polar surface area (TPSA) is 47.6 Å². The maximum absolute atomic E-state index is 12.1. The monoisotopic (exact) mass is 388 g/mol. The molecule has 158 valence electrons. The summed E-state index contributed by atoms with van der Waals surface area (Å²) >= 11 is 0. The SMILES string of the molecule is CC1CC(C)CN(CCCCNC(=O)NCC(Cc2ccccc2)N(C)C)C1. The van der Waals surface area contributed by atoms with Crippen LogP contribution in [-0.4, -0.2) is 68.7 Å². The fraction of sp³-hybridized carbons (Fsp3) is 0.696. The minimum Gasteiger partial charge on any atom is -0.338 e. The van der Waals surface area contributed by atoms with Gasteiger partial charge in [0.1, 0.15) is 0 Å². The van der Waals surface area contributed by atoms with Gasteiger partial charge in [-0.15, -0.1) is 0 Å². The van der Waals surface area contributed by atoms with Crippen molar-refractivity contribution in [2.24, 2.45) is 11.8 Å². The van der Waals surface area contributed by atoms with Crippen LogP contribution >= 0.6 is 0 Å². The van der Waals surface area contributed by atoms with Crippen LogP contribution in [0, 0.1) is 11.8 Å². The molecule has 2 N–H and O–H groups in total. The number of piperidine rings is 1. The van der Waals surface area contributed by atoms with Crippen molar-refractivity contribution < 1.29 is 4.79 Å². The van der Waals surface area contributed by atoms with E-state index in [2.05, 4.69) is 72.6 Å². The van der Waals surface area contributed by atoms with Crippen molar-refractivity contribution in [2.75, 3.05) is 46.8 Å². The molecule has 1 heterocycles. The number of amides is 2. The molecule has 0 bridgehead atoms. The van der Waals surface area contributed by atoms with Gasteiger partial charge in [-0.2, -0.15) is 0 Å². The molecule has 1 aliphatic rings. The lowest BCUT2D eigenvalue weighted by Crippen LogP contribution is -2.45. The minimum atomic E-state index is -0.0554. The van der Waals surface area contributed by atoms with E-state index >= 15 is 0 Å². The highest BCUT2D eigenvalue weighted by Crippen LogP contribution is 2.20. The van der Waals surface area contributed by atoms with Crippen LogP contribution in [0.25, 0.3) is 0 Å². The highest BCUT2D eigenvalue weighted by atomic mass is 16.2. The third-order valence-corrected chi connectivity index (χ3v) is 5.67. The Morgan fingerprint density at radius 2 is 1.79 bits per heavy atom. The van der Waals surface area contributed by atoms with Crippen LogP contribution in [0.4, 0.5) is 4.79 Å². The molecule has 0 spiro atoms. The Bertz CT molecular complexity index is 553. The van der Waals surface area contributed by atoms with Crippen molar-refractivity contribution in [2.45, 2.75) is 45.6 Å². The number of rotatable bonds is 10. The largest absolute Gasteiger partial charge is 0.338 e. The van der Waals surface area contributed by atoms with Crippen LogP contribution < -0.4 is 10.6 Å². The Kier molecular flexibility index (Phi) is 9.79. The van der Waals surface area contributed by atoms with Crippen LogP contribution in [-0.2, 0) is 6.42 Å². The maximum atomic E-state index is 12.1. The summed E-state index contributed by atoms with van der Waals surface area (Å²) in [4.78, 5) is 16.9. The highest BCUT2D eigenvalue weighted by molar-refractivity contribution is 5.73. The zero-order valence-electron chi connectivity index (χ0n) is 18.3.